The van der Waals surface area contributed by atoms with Crippen LogP contribution in [0.25, 0.3) is 0 Å². The third-order valence-electron chi connectivity index (χ3n) is 1.85. The number of nitrogens with one attached hydrogen (secondary N) is 1. The molecule has 15 heavy (non-hydrogen) atoms. The average molecular weight is 339 g/mol. The fourth-order valence-electron chi connectivity index (χ4n) is 1.01. The maximum atomic E-state index is 5.67. The third kappa shape index (κ3) is 6.72. The van der Waals surface area contributed by atoms with Crippen LogP contribution >= 0.6 is 35.3 Å². The minimum Gasteiger partial charge on any atom is -0.370 e. The van der Waals surface area contributed by atoms with E-state index in [9.17, 15) is 0 Å². The van der Waals surface area contributed by atoms with Gasteiger partial charge in [0.15, 0.2) is 5.96 Å². The fraction of sp³-hybridized carbons (Fsp3) is 0.500. The monoisotopic (exact) mass is 339 g/mol. The Labute approximate surface area is 112 Å². The van der Waals surface area contributed by atoms with Gasteiger partial charge in [-0.05, 0) is 28.8 Å². The molecule has 0 radical (unpaired) electrons. The Morgan fingerprint density at radius 1 is 1.60 bits per heavy atom. The van der Waals surface area contributed by atoms with Crippen molar-refractivity contribution in [2.45, 2.75) is 26.3 Å². The van der Waals surface area contributed by atoms with Crippen LogP contribution in [0.4, 0.5) is 0 Å². The normalized spacial score (nSPS) is 10.9. The molecule has 0 aliphatic rings. The van der Waals surface area contributed by atoms with Crippen molar-refractivity contribution in [1.29, 1.82) is 0 Å². The number of nitrogens with two attached hydrogens (primary N) is 1. The van der Waals surface area contributed by atoms with Crippen molar-refractivity contribution in [2.24, 2.45) is 10.7 Å². The van der Waals surface area contributed by atoms with Crippen LogP contribution in [0.2, 0.25) is 0 Å². The van der Waals surface area contributed by atoms with Gasteiger partial charge in [0.05, 0.1) is 6.54 Å². The molecule has 1 aromatic rings. The van der Waals surface area contributed by atoms with Crippen molar-refractivity contribution in [3.8, 4) is 0 Å². The minimum absolute atomic E-state index is 0. The Morgan fingerprint density at radius 2 is 2.40 bits per heavy atom. The van der Waals surface area contributed by atoms with Crippen molar-refractivity contribution in [3.05, 3.63) is 22.4 Å². The Bertz CT molecular complexity index is 272. The van der Waals surface area contributed by atoms with E-state index < -0.39 is 0 Å². The molecule has 1 heterocycles. The summed E-state index contributed by atoms with van der Waals surface area (Å²) < 4.78 is 0. The van der Waals surface area contributed by atoms with E-state index in [1.165, 1.54) is 12.0 Å². The van der Waals surface area contributed by atoms with E-state index in [1.54, 1.807) is 11.3 Å². The smallest absolute Gasteiger partial charge is 0.188 e. The van der Waals surface area contributed by atoms with Crippen LogP contribution in [-0.2, 0) is 6.54 Å². The summed E-state index contributed by atoms with van der Waals surface area (Å²) in [6, 6.07) is 2.06. The Morgan fingerprint density at radius 3 is 3.00 bits per heavy atom. The molecule has 3 N–H and O–H groups in total. The van der Waals surface area contributed by atoms with Crippen LogP contribution in [-0.4, -0.2) is 12.5 Å². The summed E-state index contributed by atoms with van der Waals surface area (Å²) in [7, 11) is 0. The molecule has 0 atom stereocenters. The molecule has 0 saturated carbocycles. The van der Waals surface area contributed by atoms with Gasteiger partial charge in [-0.1, -0.05) is 13.3 Å². The molecule has 0 saturated heterocycles. The molecule has 0 unspecified atom stereocenters. The third-order valence-corrected chi connectivity index (χ3v) is 2.58. The van der Waals surface area contributed by atoms with Crippen LogP contribution in [0.15, 0.2) is 21.8 Å². The summed E-state index contributed by atoms with van der Waals surface area (Å²) in [5.41, 5.74) is 6.89. The van der Waals surface area contributed by atoms with Crippen molar-refractivity contribution in [2.75, 3.05) is 6.54 Å². The van der Waals surface area contributed by atoms with E-state index >= 15 is 0 Å². The average Bonchev–Trinajstić information content (AvgIpc) is 2.68. The number of hydrogen-bond donors (Lipinski definition) is 2. The zero-order valence-corrected chi connectivity index (χ0v) is 12.0. The molecular weight excluding hydrogens is 321 g/mol. The molecular formula is C10H18IN3S. The lowest BCUT2D eigenvalue weighted by molar-refractivity contribution is 0.748. The van der Waals surface area contributed by atoms with E-state index in [0.717, 1.165) is 13.0 Å². The molecule has 0 spiro atoms. The molecule has 1 aromatic heterocycles. The second-order valence-electron chi connectivity index (χ2n) is 3.11. The zero-order chi connectivity index (χ0) is 10.2. The van der Waals surface area contributed by atoms with Crippen molar-refractivity contribution in [1.82, 2.24) is 5.32 Å². The van der Waals surface area contributed by atoms with Gasteiger partial charge in [-0.3, -0.25) is 0 Å². The lowest BCUT2D eigenvalue weighted by Gasteiger charge is -2.03. The SMILES string of the molecule is CCCCNC(N)=NCc1ccsc1.I. The van der Waals surface area contributed by atoms with Gasteiger partial charge in [0.1, 0.15) is 0 Å². The lowest BCUT2D eigenvalue weighted by atomic mass is 10.3. The predicted octanol–water partition coefficient (Wildman–Crippen LogP) is 2.57. The predicted molar refractivity (Wildman–Crippen MR) is 78.0 cm³/mol. The minimum atomic E-state index is 0. The van der Waals surface area contributed by atoms with Crippen LogP contribution in [0.3, 0.4) is 0 Å². The second kappa shape index (κ2) is 8.96. The van der Waals surface area contributed by atoms with Crippen molar-refractivity contribution >= 4 is 41.3 Å². The molecule has 0 fully saturated rings. The van der Waals surface area contributed by atoms with Crippen LogP contribution in [0, 0.1) is 0 Å². The van der Waals surface area contributed by atoms with E-state index in [0.29, 0.717) is 12.5 Å². The van der Waals surface area contributed by atoms with E-state index in [4.69, 9.17) is 5.73 Å². The number of thiophene rings is 1. The number of nitrogens with zero attached hydrogens (tertiary/aromatic N) is 1. The standard InChI is InChI=1S/C10H17N3S.HI/c1-2-3-5-12-10(11)13-7-9-4-6-14-8-9;/h4,6,8H,2-3,5,7H2,1H3,(H3,11,12,13);1H. The van der Waals surface area contributed by atoms with Crippen molar-refractivity contribution < 1.29 is 0 Å². The quantitative estimate of drug-likeness (QED) is 0.375. The van der Waals surface area contributed by atoms with Crippen LogP contribution in [0.5, 0.6) is 0 Å². The van der Waals surface area contributed by atoms with E-state index in [1.807, 2.05) is 5.38 Å². The number of aliphatic imine (C=N–C) groups is 1. The van der Waals surface area contributed by atoms with Gasteiger partial charge in [-0.15, -0.1) is 24.0 Å². The number of rotatable bonds is 5. The number of guanidine groups is 1. The highest BCUT2D eigenvalue weighted by molar-refractivity contribution is 14.0. The Hall–Kier alpha value is -0.300. The molecule has 86 valence electrons. The first kappa shape index (κ1) is 14.7. The van der Waals surface area contributed by atoms with Crippen LogP contribution < -0.4 is 11.1 Å². The molecule has 0 aliphatic heterocycles. The first-order valence-electron chi connectivity index (χ1n) is 4.87. The molecule has 0 aromatic carbocycles. The van der Waals surface area contributed by atoms with Crippen molar-refractivity contribution in [3.63, 3.8) is 0 Å². The molecule has 0 bridgehead atoms. The highest BCUT2D eigenvalue weighted by Gasteiger charge is 1.92. The summed E-state index contributed by atoms with van der Waals surface area (Å²) in [5.74, 6) is 0.546. The van der Waals surface area contributed by atoms with Gasteiger partial charge in [-0.2, -0.15) is 11.3 Å². The fourth-order valence-corrected chi connectivity index (χ4v) is 1.67. The van der Waals surface area contributed by atoms with Crippen LogP contribution in [0.1, 0.15) is 25.3 Å². The molecule has 5 heteroatoms. The molecule has 0 amide bonds. The summed E-state index contributed by atoms with van der Waals surface area (Å²) in [4.78, 5) is 4.23. The second-order valence-corrected chi connectivity index (χ2v) is 3.89. The van der Waals surface area contributed by atoms with Gasteiger partial charge >= 0.3 is 0 Å². The highest BCUT2D eigenvalue weighted by Crippen LogP contribution is 2.06. The first-order chi connectivity index (χ1) is 6.83. The largest absolute Gasteiger partial charge is 0.370 e. The van der Waals surface area contributed by atoms with Gasteiger partial charge in [0, 0.05) is 6.54 Å². The molecule has 1 rings (SSSR count). The summed E-state index contributed by atoms with van der Waals surface area (Å²) in [6.45, 7) is 3.74. The molecule has 0 aliphatic carbocycles. The Balaban J connectivity index is 0.00000196. The van der Waals surface area contributed by atoms with Gasteiger partial charge in [0.25, 0.3) is 0 Å². The summed E-state index contributed by atoms with van der Waals surface area (Å²) >= 11 is 1.68. The van der Waals surface area contributed by atoms with Gasteiger partial charge in [0.2, 0.25) is 0 Å². The lowest BCUT2D eigenvalue weighted by Crippen LogP contribution is -2.32. The number of hydrogen-bond acceptors (Lipinski definition) is 2. The maximum absolute atomic E-state index is 5.67. The maximum Gasteiger partial charge on any atom is 0.188 e. The zero-order valence-electron chi connectivity index (χ0n) is 8.90. The number of unbranched alkanes of at least 4 members (excludes halogenated alkanes) is 1. The summed E-state index contributed by atoms with van der Waals surface area (Å²) in [6.07, 6.45) is 2.31. The topological polar surface area (TPSA) is 50.4 Å². The number of halogens is 1. The van der Waals surface area contributed by atoms with Gasteiger partial charge in [-0.25, -0.2) is 4.99 Å². The van der Waals surface area contributed by atoms with Gasteiger partial charge < -0.3 is 11.1 Å². The molecule has 3 nitrogen and oxygen atoms in total. The Kier molecular flexibility index (Phi) is 8.79. The highest BCUT2D eigenvalue weighted by atomic mass is 127. The summed E-state index contributed by atoms with van der Waals surface area (Å²) in [5, 5.41) is 7.21. The van der Waals surface area contributed by atoms with E-state index in [-0.39, 0.29) is 24.0 Å². The van der Waals surface area contributed by atoms with E-state index in [2.05, 4.69) is 28.7 Å². The first-order valence-corrected chi connectivity index (χ1v) is 5.82.